The molecule has 0 aliphatic heterocycles. The van der Waals surface area contributed by atoms with Crippen molar-refractivity contribution in [2.45, 2.75) is 5.16 Å². The van der Waals surface area contributed by atoms with E-state index in [0.717, 1.165) is 0 Å². The molecular weight excluding hydrogens is 340 g/mol. The zero-order chi connectivity index (χ0) is 17.6. The maximum Gasteiger partial charge on any atom is 0.214 e. The van der Waals surface area contributed by atoms with Crippen LogP contribution in [0.4, 0.5) is 0 Å². The number of methoxy groups -OCH3 is 2. The molecule has 0 aliphatic carbocycles. The number of ketones is 1. The molecule has 7 nitrogen and oxygen atoms in total. The average Bonchev–Trinajstić information content (AvgIpc) is 3.14. The number of thioether (sulfide) groups is 1. The summed E-state index contributed by atoms with van der Waals surface area (Å²) in [6.45, 7) is 0. The van der Waals surface area contributed by atoms with Crippen molar-refractivity contribution in [2.75, 3.05) is 20.0 Å². The maximum absolute atomic E-state index is 12.4. The number of hydrogen-bond acceptors (Lipinski definition) is 7. The molecule has 0 bridgehead atoms. The van der Waals surface area contributed by atoms with Gasteiger partial charge in [-0.3, -0.25) is 4.79 Å². The first-order valence-corrected chi connectivity index (χ1v) is 8.43. The molecule has 25 heavy (non-hydrogen) atoms. The van der Waals surface area contributed by atoms with Crippen molar-refractivity contribution >= 4 is 17.5 Å². The highest BCUT2D eigenvalue weighted by Crippen LogP contribution is 2.26. The van der Waals surface area contributed by atoms with Crippen molar-refractivity contribution in [3.8, 4) is 17.2 Å². The van der Waals surface area contributed by atoms with Gasteiger partial charge in [0.15, 0.2) is 5.78 Å². The van der Waals surface area contributed by atoms with Gasteiger partial charge in [-0.25, -0.2) is 0 Å². The third kappa shape index (κ3) is 3.80. The number of benzene rings is 2. The van der Waals surface area contributed by atoms with Crippen LogP contribution in [0.5, 0.6) is 11.5 Å². The molecule has 0 spiro atoms. The summed E-state index contributed by atoms with van der Waals surface area (Å²) in [5.41, 5.74) is 1.30. The van der Waals surface area contributed by atoms with Gasteiger partial charge in [-0.2, -0.15) is 4.68 Å². The fourth-order valence-corrected chi connectivity index (χ4v) is 3.01. The Balaban J connectivity index is 1.76. The summed E-state index contributed by atoms with van der Waals surface area (Å²) < 4.78 is 12.0. The molecule has 0 unspecified atom stereocenters. The molecule has 0 N–H and O–H groups in total. The van der Waals surface area contributed by atoms with Crippen LogP contribution in [0.25, 0.3) is 5.69 Å². The smallest absolute Gasteiger partial charge is 0.214 e. The Morgan fingerprint density at radius 1 is 1.12 bits per heavy atom. The Bertz CT molecular complexity index is 882. The van der Waals surface area contributed by atoms with Crippen molar-refractivity contribution in [3.05, 3.63) is 54.1 Å². The predicted octanol–water partition coefficient (Wildman–Crippen LogP) is 2.65. The normalized spacial score (nSPS) is 10.5. The van der Waals surface area contributed by atoms with E-state index in [1.807, 2.05) is 24.3 Å². The van der Waals surface area contributed by atoms with E-state index in [4.69, 9.17) is 9.47 Å². The van der Waals surface area contributed by atoms with Gasteiger partial charge in [0, 0.05) is 5.56 Å². The van der Waals surface area contributed by atoms with E-state index in [1.54, 1.807) is 43.2 Å². The second-order valence-electron chi connectivity index (χ2n) is 4.99. The molecule has 0 saturated heterocycles. The van der Waals surface area contributed by atoms with Crippen LogP contribution < -0.4 is 9.47 Å². The first-order chi connectivity index (χ1) is 12.2. The molecule has 0 saturated carbocycles. The minimum atomic E-state index is -0.0292. The quantitative estimate of drug-likeness (QED) is 0.475. The van der Waals surface area contributed by atoms with Crippen LogP contribution >= 0.6 is 11.8 Å². The number of tetrazole rings is 1. The number of Topliss-reactive ketones (excluding diaryl/α,β-unsaturated/α-hetero) is 1. The molecule has 0 fully saturated rings. The van der Waals surface area contributed by atoms with Crippen LogP contribution in [-0.2, 0) is 0 Å². The molecule has 128 valence electrons. The molecule has 1 heterocycles. The summed E-state index contributed by atoms with van der Waals surface area (Å²) in [6, 6.07) is 14.5. The zero-order valence-corrected chi connectivity index (χ0v) is 14.6. The third-order valence-electron chi connectivity index (χ3n) is 3.48. The number of carbonyl (C=O) groups is 1. The molecule has 1 aromatic heterocycles. The van der Waals surface area contributed by atoms with E-state index in [1.165, 1.54) is 11.8 Å². The molecular formula is C17H16N4O3S. The molecule has 8 heteroatoms. The number of aromatic nitrogens is 4. The van der Waals surface area contributed by atoms with E-state index in [-0.39, 0.29) is 11.5 Å². The van der Waals surface area contributed by atoms with Gasteiger partial charge in [0.25, 0.3) is 0 Å². The lowest BCUT2D eigenvalue weighted by Crippen LogP contribution is -2.06. The van der Waals surface area contributed by atoms with Crippen LogP contribution in [0.1, 0.15) is 10.4 Å². The number of hydrogen-bond donors (Lipinski definition) is 0. The molecule has 2 aromatic carbocycles. The van der Waals surface area contributed by atoms with Crippen molar-refractivity contribution in [3.63, 3.8) is 0 Å². The summed E-state index contributed by atoms with van der Waals surface area (Å²) in [5.74, 6) is 1.48. The van der Waals surface area contributed by atoms with Crippen molar-refractivity contribution in [1.82, 2.24) is 20.2 Å². The van der Waals surface area contributed by atoms with Gasteiger partial charge < -0.3 is 9.47 Å². The lowest BCUT2D eigenvalue weighted by Gasteiger charge is -2.09. The third-order valence-corrected chi connectivity index (χ3v) is 4.40. The van der Waals surface area contributed by atoms with Gasteiger partial charge in [0.1, 0.15) is 17.2 Å². The van der Waals surface area contributed by atoms with Crippen LogP contribution in [0.15, 0.2) is 53.7 Å². The fraction of sp³-hybridized carbons (Fsp3) is 0.176. The Labute approximate surface area is 149 Å². The molecule has 0 atom stereocenters. The fourth-order valence-electron chi connectivity index (χ4n) is 2.23. The van der Waals surface area contributed by atoms with Gasteiger partial charge in [0.2, 0.25) is 5.16 Å². The summed E-state index contributed by atoms with van der Waals surface area (Å²) in [4.78, 5) is 12.4. The van der Waals surface area contributed by atoms with Crippen molar-refractivity contribution in [2.24, 2.45) is 0 Å². The van der Waals surface area contributed by atoms with Crippen LogP contribution in [0, 0.1) is 0 Å². The monoisotopic (exact) mass is 356 g/mol. The standard InChI is InChI=1S/C17H16N4O3S/c1-23-13-7-5-6-12(10-13)15(22)11-25-17-18-19-20-21(17)14-8-3-4-9-16(14)24-2/h3-10H,11H2,1-2H3. The summed E-state index contributed by atoms with van der Waals surface area (Å²) in [5, 5.41) is 12.2. The van der Waals surface area contributed by atoms with Gasteiger partial charge >= 0.3 is 0 Å². The number of carbonyl (C=O) groups excluding carboxylic acids is 1. The SMILES string of the molecule is COc1cccc(C(=O)CSc2nnnn2-c2ccccc2OC)c1. The number of rotatable bonds is 7. The van der Waals surface area contributed by atoms with E-state index < -0.39 is 0 Å². The lowest BCUT2D eigenvalue weighted by molar-refractivity contribution is 0.102. The van der Waals surface area contributed by atoms with Crippen LogP contribution in [0.2, 0.25) is 0 Å². The van der Waals surface area contributed by atoms with E-state index in [2.05, 4.69) is 15.5 Å². The number of nitrogens with zero attached hydrogens (tertiary/aromatic N) is 4. The summed E-state index contributed by atoms with van der Waals surface area (Å²) >= 11 is 1.27. The first-order valence-electron chi connectivity index (χ1n) is 7.44. The first kappa shape index (κ1) is 17.0. The Hall–Kier alpha value is -2.87. The van der Waals surface area contributed by atoms with Crippen molar-refractivity contribution in [1.29, 1.82) is 0 Å². The predicted molar refractivity (Wildman–Crippen MR) is 93.8 cm³/mol. The van der Waals surface area contributed by atoms with E-state index in [0.29, 0.717) is 27.9 Å². The average molecular weight is 356 g/mol. The molecule has 3 rings (SSSR count). The highest BCUT2D eigenvalue weighted by molar-refractivity contribution is 7.99. The Kier molecular flexibility index (Phi) is 5.30. The minimum absolute atomic E-state index is 0.0292. The highest BCUT2D eigenvalue weighted by atomic mass is 32.2. The van der Waals surface area contributed by atoms with Gasteiger partial charge in [-0.15, -0.1) is 5.10 Å². The minimum Gasteiger partial charge on any atom is -0.497 e. The molecule has 0 radical (unpaired) electrons. The van der Waals surface area contributed by atoms with Crippen LogP contribution in [0.3, 0.4) is 0 Å². The Morgan fingerprint density at radius 3 is 2.76 bits per heavy atom. The van der Waals surface area contributed by atoms with Crippen molar-refractivity contribution < 1.29 is 14.3 Å². The number of ether oxygens (including phenoxy) is 2. The maximum atomic E-state index is 12.4. The highest BCUT2D eigenvalue weighted by Gasteiger charge is 2.15. The molecule has 3 aromatic rings. The van der Waals surface area contributed by atoms with Gasteiger partial charge in [-0.1, -0.05) is 36.0 Å². The Morgan fingerprint density at radius 2 is 1.96 bits per heavy atom. The molecule has 0 amide bonds. The summed E-state index contributed by atoms with van der Waals surface area (Å²) in [7, 11) is 3.15. The number of para-hydroxylation sites is 2. The topological polar surface area (TPSA) is 79.1 Å². The van der Waals surface area contributed by atoms with E-state index in [9.17, 15) is 4.79 Å². The molecule has 0 aliphatic rings. The van der Waals surface area contributed by atoms with Gasteiger partial charge in [0.05, 0.1) is 20.0 Å². The second kappa shape index (κ2) is 7.80. The summed E-state index contributed by atoms with van der Waals surface area (Å²) in [6.07, 6.45) is 0. The van der Waals surface area contributed by atoms with Gasteiger partial charge in [-0.05, 0) is 34.7 Å². The zero-order valence-electron chi connectivity index (χ0n) is 13.7. The second-order valence-corrected chi connectivity index (χ2v) is 5.93. The van der Waals surface area contributed by atoms with Crippen LogP contribution in [-0.4, -0.2) is 46.0 Å². The van der Waals surface area contributed by atoms with E-state index >= 15 is 0 Å². The largest absolute Gasteiger partial charge is 0.497 e. The lowest BCUT2D eigenvalue weighted by atomic mass is 10.1.